The topological polar surface area (TPSA) is 75.6 Å². The fourth-order valence-electron chi connectivity index (χ4n) is 5.42. The predicted octanol–water partition coefficient (Wildman–Crippen LogP) is 4.55. The molecule has 0 spiro atoms. The third-order valence-electron chi connectivity index (χ3n) is 7.03. The van der Waals surface area contributed by atoms with Gasteiger partial charge in [-0.25, -0.2) is 0 Å². The molecule has 7 nitrogen and oxygen atoms in total. The number of aryl methyl sites for hydroxylation is 1. The van der Waals surface area contributed by atoms with E-state index in [-0.39, 0.29) is 23.9 Å². The third kappa shape index (κ3) is 4.20. The lowest BCUT2D eigenvalue weighted by Crippen LogP contribution is -2.55. The van der Waals surface area contributed by atoms with Crippen LogP contribution in [0.1, 0.15) is 41.0 Å². The molecule has 186 valence electrons. The fraction of sp³-hybridized carbons (Fsp3) is 0.310. The molecule has 0 bridgehead atoms. The molecule has 2 aliphatic rings. The molecule has 0 saturated carbocycles. The smallest absolute Gasteiger partial charge is 0.257 e. The molecule has 2 aliphatic heterocycles. The van der Waals surface area contributed by atoms with Crippen molar-refractivity contribution >= 4 is 29.3 Å². The third-order valence-corrected chi connectivity index (χ3v) is 7.03. The van der Waals surface area contributed by atoms with Gasteiger partial charge < -0.3 is 24.8 Å². The minimum Gasteiger partial charge on any atom is -0.497 e. The van der Waals surface area contributed by atoms with Gasteiger partial charge in [-0.2, -0.15) is 0 Å². The van der Waals surface area contributed by atoms with Crippen LogP contribution in [0.2, 0.25) is 0 Å². The number of hydrogen-bond donors (Lipinski definition) is 2. The van der Waals surface area contributed by atoms with Crippen LogP contribution in [0.3, 0.4) is 0 Å². The monoisotopic (exact) mass is 484 g/mol. The van der Waals surface area contributed by atoms with E-state index in [2.05, 4.69) is 24.5 Å². The highest BCUT2D eigenvalue weighted by Gasteiger charge is 2.30. The van der Waals surface area contributed by atoms with Crippen molar-refractivity contribution in [3.63, 3.8) is 0 Å². The van der Waals surface area contributed by atoms with Crippen molar-refractivity contribution in [2.45, 2.75) is 39.8 Å². The maximum atomic E-state index is 13.5. The van der Waals surface area contributed by atoms with E-state index in [1.165, 1.54) is 0 Å². The van der Waals surface area contributed by atoms with E-state index < -0.39 is 0 Å². The minimum atomic E-state index is -0.158. The van der Waals surface area contributed by atoms with Gasteiger partial charge in [-0.3, -0.25) is 9.59 Å². The van der Waals surface area contributed by atoms with Crippen LogP contribution in [0, 0.1) is 13.8 Å². The van der Waals surface area contributed by atoms with E-state index >= 15 is 0 Å². The first-order valence-corrected chi connectivity index (χ1v) is 12.3. The van der Waals surface area contributed by atoms with Crippen LogP contribution in [0.25, 0.3) is 22.9 Å². The number of nitrogens with one attached hydrogen (secondary N) is 2. The number of piperazine rings is 1. The summed E-state index contributed by atoms with van der Waals surface area (Å²) in [5, 5.41) is 6.48. The predicted molar refractivity (Wildman–Crippen MR) is 143 cm³/mol. The summed E-state index contributed by atoms with van der Waals surface area (Å²) in [6.07, 6.45) is 3.78. The number of carbonyl (C=O) groups excluding carboxylic acids is 2. The van der Waals surface area contributed by atoms with E-state index in [1.54, 1.807) is 7.11 Å². The van der Waals surface area contributed by atoms with Crippen LogP contribution in [-0.4, -0.2) is 53.6 Å². The molecule has 5 rings (SSSR count). The molecule has 1 saturated heterocycles. The van der Waals surface area contributed by atoms with Crippen LogP contribution >= 0.6 is 0 Å². The van der Waals surface area contributed by atoms with Gasteiger partial charge in [0.2, 0.25) is 0 Å². The summed E-state index contributed by atoms with van der Waals surface area (Å²) in [7, 11) is 1.64. The number of anilines is 1. The molecule has 1 aromatic heterocycles. The van der Waals surface area contributed by atoms with E-state index in [1.807, 2.05) is 78.2 Å². The molecular weight excluding hydrogens is 452 g/mol. The zero-order valence-corrected chi connectivity index (χ0v) is 21.4. The van der Waals surface area contributed by atoms with Gasteiger partial charge in [0.25, 0.3) is 11.8 Å². The Labute approximate surface area is 211 Å². The summed E-state index contributed by atoms with van der Waals surface area (Å²) >= 11 is 0. The number of carbonyl (C=O) groups is 2. The van der Waals surface area contributed by atoms with Gasteiger partial charge >= 0.3 is 0 Å². The molecule has 0 unspecified atom stereocenters. The van der Waals surface area contributed by atoms with Crippen LogP contribution < -0.4 is 15.4 Å². The van der Waals surface area contributed by atoms with E-state index in [0.717, 1.165) is 39.4 Å². The fourth-order valence-corrected chi connectivity index (χ4v) is 5.42. The number of ether oxygens (including phenoxy) is 1. The highest BCUT2D eigenvalue weighted by Crippen LogP contribution is 2.40. The van der Waals surface area contributed by atoms with Crippen molar-refractivity contribution < 1.29 is 14.3 Å². The molecule has 2 amide bonds. The van der Waals surface area contributed by atoms with Gasteiger partial charge in [0.05, 0.1) is 18.2 Å². The quantitative estimate of drug-likeness (QED) is 0.533. The Morgan fingerprint density at radius 1 is 1.06 bits per heavy atom. The highest BCUT2D eigenvalue weighted by molar-refractivity contribution is 6.35. The summed E-state index contributed by atoms with van der Waals surface area (Å²) in [6, 6.07) is 14.2. The molecule has 2 N–H and O–H groups in total. The van der Waals surface area contributed by atoms with E-state index in [0.29, 0.717) is 24.2 Å². The second-order valence-electron chi connectivity index (χ2n) is 9.81. The molecule has 0 radical (unpaired) electrons. The Hall–Kier alpha value is -3.84. The summed E-state index contributed by atoms with van der Waals surface area (Å²) in [4.78, 5) is 28.5. The second-order valence-corrected chi connectivity index (χ2v) is 9.81. The van der Waals surface area contributed by atoms with Crippen molar-refractivity contribution in [3.8, 4) is 16.9 Å². The van der Waals surface area contributed by atoms with Crippen LogP contribution in [-0.2, 0) is 4.79 Å². The zero-order valence-electron chi connectivity index (χ0n) is 21.4. The van der Waals surface area contributed by atoms with Gasteiger partial charge in [0, 0.05) is 54.5 Å². The normalized spacial score (nSPS) is 20.4. The number of rotatable bonds is 4. The number of nitrogens with zero attached hydrogens (tertiary/aromatic N) is 2. The summed E-state index contributed by atoms with van der Waals surface area (Å²) in [5.74, 6) is 0.659. The first-order chi connectivity index (χ1) is 17.3. The van der Waals surface area contributed by atoms with Gasteiger partial charge in [-0.05, 0) is 62.6 Å². The number of methoxy groups -OCH3 is 1. The molecule has 7 heteroatoms. The lowest BCUT2D eigenvalue weighted by Gasteiger charge is -2.36. The van der Waals surface area contributed by atoms with Crippen molar-refractivity contribution in [2.75, 3.05) is 25.5 Å². The first kappa shape index (κ1) is 23.9. The van der Waals surface area contributed by atoms with Gasteiger partial charge in [-0.15, -0.1) is 0 Å². The maximum absolute atomic E-state index is 13.5. The maximum Gasteiger partial charge on any atom is 0.257 e. The summed E-state index contributed by atoms with van der Waals surface area (Å²) < 4.78 is 7.21. The molecule has 1 fully saturated rings. The summed E-state index contributed by atoms with van der Waals surface area (Å²) in [6.45, 7) is 9.44. The molecule has 3 aromatic rings. The lowest BCUT2D eigenvalue weighted by atomic mass is 9.95. The molecular formula is C29H32N4O3. The van der Waals surface area contributed by atoms with Gasteiger partial charge in [0.15, 0.2) is 0 Å². The molecule has 3 heterocycles. The molecule has 36 heavy (non-hydrogen) atoms. The Bertz CT molecular complexity index is 1360. The van der Waals surface area contributed by atoms with E-state index in [4.69, 9.17) is 4.74 Å². The van der Waals surface area contributed by atoms with Crippen molar-refractivity contribution in [3.05, 3.63) is 71.0 Å². The minimum absolute atomic E-state index is 0.0394. The van der Waals surface area contributed by atoms with Crippen molar-refractivity contribution in [2.24, 2.45) is 0 Å². The Balaban J connectivity index is 1.54. The number of fused-ring (bicyclic) bond motifs is 1. The molecule has 0 aliphatic carbocycles. The zero-order chi connectivity index (χ0) is 25.6. The van der Waals surface area contributed by atoms with E-state index in [9.17, 15) is 9.59 Å². The van der Waals surface area contributed by atoms with Crippen molar-refractivity contribution in [1.82, 2.24) is 14.8 Å². The van der Waals surface area contributed by atoms with Crippen LogP contribution in [0.15, 0.2) is 48.7 Å². The number of amides is 2. The summed E-state index contributed by atoms with van der Waals surface area (Å²) in [5.41, 5.74) is 6.59. The highest BCUT2D eigenvalue weighted by atomic mass is 16.5. The number of hydrogen-bond acceptors (Lipinski definition) is 4. The second kappa shape index (κ2) is 9.32. The first-order valence-electron chi connectivity index (χ1n) is 12.3. The Kier molecular flexibility index (Phi) is 6.18. The van der Waals surface area contributed by atoms with Gasteiger partial charge in [-0.1, -0.05) is 24.3 Å². The van der Waals surface area contributed by atoms with Gasteiger partial charge in [0.1, 0.15) is 5.75 Å². The standard InChI is InChI=1S/C29H32N4O3/c1-17-13-32(20(4)26(17)29(35)33-14-18(2)30-19(3)15-33)16-24-27-23(7-6-8-25(27)31-28(24)34)21-9-11-22(36-5)12-10-21/h6-13,16,18-19,30H,14-15H2,1-5H3,(H,31,34)/t18-,19-/m0/s1. The average Bonchev–Trinajstić information content (AvgIpc) is 3.32. The number of aromatic nitrogens is 1. The largest absolute Gasteiger partial charge is 0.497 e. The Morgan fingerprint density at radius 2 is 1.75 bits per heavy atom. The number of benzene rings is 2. The average molecular weight is 485 g/mol. The molecule has 2 aromatic carbocycles. The Morgan fingerprint density at radius 3 is 2.42 bits per heavy atom. The molecule has 2 atom stereocenters. The van der Waals surface area contributed by atoms with Crippen LogP contribution in [0.4, 0.5) is 5.69 Å². The lowest BCUT2D eigenvalue weighted by molar-refractivity contribution is -0.110. The van der Waals surface area contributed by atoms with Crippen molar-refractivity contribution in [1.29, 1.82) is 0 Å². The van der Waals surface area contributed by atoms with Crippen LogP contribution in [0.5, 0.6) is 5.75 Å². The SMILES string of the molecule is COc1ccc(-c2cccc3c2C(=Cn2cc(C)c(C(=O)N4C[C@H](C)N[C@@H](C)C4)c2C)C(=O)N3)cc1.